The highest BCUT2D eigenvalue weighted by Gasteiger charge is 2.16. The molecule has 1 aromatic carbocycles. The van der Waals surface area contributed by atoms with Gasteiger partial charge >= 0.3 is 0 Å². The topological polar surface area (TPSA) is 35.5 Å². The van der Waals surface area contributed by atoms with Crippen molar-refractivity contribution in [2.75, 3.05) is 14.2 Å². The summed E-state index contributed by atoms with van der Waals surface area (Å²) in [6.07, 6.45) is 1.69. The summed E-state index contributed by atoms with van der Waals surface area (Å²) in [6, 6.07) is 1.39. The molecule has 0 saturated heterocycles. The molecule has 0 radical (unpaired) electrons. The second-order valence-electron chi connectivity index (χ2n) is 3.41. The van der Waals surface area contributed by atoms with Gasteiger partial charge in [0.2, 0.25) is 0 Å². The fourth-order valence-corrected chi connectivity index (χ4v) is 1.66. The van der Waals surface area contributed by atoms with E-state index in [1.165, 1.54) is 20.3 Å². The van der Waals surface area contributed by atoms with Gasteiger partial charge in [0.15, 0.2) is 17.3 Å². The first-order valence-corrected chi connectivity index (χ1v) is 4.99. The van der Waals surface area contributed by atoms with Crippen LogP contribution >= 0.6 is 0 Å². The molecule has 1 rings (SSSR count). The SMILES string of the molecule is COc1c(F)cc(CCC=O)c(C)c1OC. The number of benzene rings is 1. The van der Waals surface area contributed by atoms with Crippen molar-refractivity contribution < 1.29 is 18.7 Å². The van der Waals surface area contributed by atoms with Crippen molar-refractivity contribution in [2.24, 2.45) is 0 Å². The molecular formula is C12H15FO3. The van der Waals surface area contributed by atoms with E-state index >= 15 is 0 Å². The smallest absolute Gasteiger partial charge is 0.197 e. The van der Waals surface area contributed by atoms with Gasteiger partial charge in [0.25, 0.3) is 0 Å². The summed E-state index contributed by atoms with van der Waals surface area (Å²) >= 11 is 0. The van der Waals surface area contributed by atoms with E-state index in [0.29, 0.717) is 18.6 Å². The van der Waals surface area contributed by atoms with Gasteiger partial charge in [-0.3, -0.25) is 0 Å². The van der Waals surface area contributed by atoms with Crippen LogP contribution in [0.2, 0.25) is 0 Å². The van der Waals surface area contributed by atoms with Crippen LogP contribution in [0.5, 0.6) is 11.5 Å². The summed E-state index contributed by atoms with van der Waals surface area (Å²) in [7, 11) is 2.86. The van der Waals surface area contributed by atoms with Crippen molar-refractivity contribution >= 4 is 6.29 Å². The van der Waals surface area contributed by atoms with Crippen LogP contribution in [0.3, 0.4) is 0 Å². The van der Waals surface area contributed by atoms with Gasteiger partial charge in [0, 0.05) is 6.42 Å². The molecule has 0 aliphatic heterocycles. The highest BCUT2D eigenvalue weighted by molar-refractivity contribution is 5.54. The number of carbonyl (C=O) groups is 1. The molecule has 3 nitrogen and oxygen atoms in total. The molecule has 0 spiro atoms. The second kappa shape index (κ2) is 5.49. The number of hydrogen-bond donors (Lipinski definition) is 0. The molecule has 0 unspecified atom stereocenters. The van der Waals surface area contributed by atoms with Crippen molar-refractivity contribution in [3.8, 4) is 11.5 Å². The quantitative estimate of drug-likeness (QED) is 0.722. The molecule has 0 aliphatic carbocycles. The average molecular weight is 226 g/mol. The summed E-state index contributed by atoms with van der Waals surface area (Å²) in [5.74, 6) is 0.0316. The third-order valence-corrected chi connectivity index (χ3v) is 2.49. The molecule has 0 fully saturated rings. The van der Waals surface area contributed by atoms with E-state index in [4.69, 9.17) is 9.47 Å². The Balaban J connectivity index is 3.22. The van der Waals surface area contributed by atoms with Crippen LogP contribution in [0, 0.1) is 12.7 Å². The van der Waals surface area contributed by atoms with E-state index in [2.05, 4.69) is 0 Å². The zero-order valence-corrected chi connectivity index (χ0v) is 9.67. The summed E-state index contributed by atoms with van der Waals surface area (Å²) in [4.78, 5) is 10.3. The minimum atomic E-state index is -0.467. The first kappa shape index (κ1) is 12.5. The highest BCUT2D eigenvalue weighted by Crippen LogP contribution is 2.35. The van der Waals surface area contributed by atoms with Crippen molar-refractivity contribution in [1.82, 2.24) is 0 Å². The number of methoxy groups -OCH3 is 2. The minimum Gasteiger partial charge on any atom is -0.492 e. The van der Waals surface area contributed by atoms with Crippen LogP contribution in [0.1, 0.15) is 17.5 Å². The molecule has 0 bridgehead atoms. The number of carbonyl (C=O) groups excluding carboxylic acids is 1. The Kier molecular flexibility index (Phi) is 4.28. The lowest BCUT2D eigenvalue weighted by Crippen LogP contribution is -2.01. The maximum absolute atomic E-state index is 13.6. The van der Waals surface area contributed by atoms with Gasteiger partial charge in [-0.05, 0) is 30.5 Å². The molecule has 0 N–H and O–H groups in total. The normalized spacial score (nSPS) is 10.0. The second-order valence-corrected chi connectivity index (χ2v) is 3.41. The Morgan fingerprint density at radius 3 is 2.44 bits per heavy atom. The largest absolute Gasteiger partial charge is 0.492 e. The van der Waals surface area contributed by atoms with E-state index in [-0.39, 0.29) is 5.75 Å². The first-order valence-electron chi connectivity index (χ1n) is 4.99. The molecule has 16 heavy (non-hydrogen) atoms. The monoisotopic (exact) mass is 226 g/mol. The van der Waals surface area contributed by atoms with E-state index in [1.54, 1.807) is 0 Å². The fraction of sp³-hybridized carbons (Fsp3) is 0.417. The lowest BCUT2D eigenvalue weighted by Gasteiger charge is -2.14. The number of aldehydes is 1. The lowest BCUT2D eigenvalue weighted by atomic mass is 10.0. The van der Waals surface area contributed by atoms with Gasteiger partial charge in [0.05, 0.1) is 14.2 Å². The van der Waals surface area contributed by atoms with Crippen LogP contribution in [0.4, 0.5) is 4.39 Å². The Morgan fingerprint density at radius 2 is 1.94 bits per heavy atom. The summed E-state index contributed by atoms with van der Waals surface area (Å²) in [6.45, 7) is 1.82. The zero-order valence-electron chi connectivity index (χ0n) is 9.67. The molecule has 0 saturated carbocycles. The minimum absolute atomic E-state index is 0.106. The predicted molar refractivity (Wildman–Crippen MR) is 58.6 cm³/mol. The van der Waals surface area contributed by atoms with Crippen LogP contribution < -0.4 is 9.47 Å². The zero-order chi connectivity index (χ0) is 12.1. The van der Waals surface area contributed by atoms with Crippen molar-refractivity contribution in [3.63, 3.8) is 0 Å². The molecule has 4 heteroatoms. The van der Waals surface area contributed by atoms with Crippen LogP contribution in [-0.2, 0) is 11.2 Å². The molecule has 0 amide bonds. The van der Waals surface area contributed by atoms with E-state index in [9.17, 15) is 9.18 Å². The molecule has 0 heterocycles. The number of rotatable bonds is 5. The van der Waals surface area contributed by atoms with Crippen LogP contribution in [0.25, 0.3) is 0 Å². The molecule has 0 aliphatic rings. The first-order chi connectivity index (χ1) is 7.65. The van der Waals surface area contributed by atoms with Gasteiger partial charge < -0.3 is 14.3 Å². The van der Waals surface area contributed by atoms with Crippen LogP contribution in [0.15, 0.2) is 6.07 Å². The summed E-state index contributed by atoms with van der Waals surface area (Å²) in [5, 5.41) is 0. The third-order valence-electron chi connectivity index (χ3n) is 2.49. The maximum atomic E-state index is 13.6. The number of ether oxygens (including phenoxy) is 2. The van der Waals surface area contributed by atoms with Crippen molar-refractivity contribution in [3.05, 3.63) is 23.0 Å². The molecule has 0 aromatic heterocycles. The lowest BCUT2D eigenvalue weighted by molar-refractivity contribution is -0.107. The Labute approximate surface area is 94.2 Å². The third kappa shape index (κ3) is 2.32. The van der Waals surface area contributed by atoms with Crippen LogP contribution in [-0.4, -0.2) is 20.5 Å². The Bertz CT molecular complexity index is 388. The standard InChI is InChI=1S/C12H15FO3/c1-8-9(5-4-6-14)7-10(13)12(16-3)11(8)15-2/h6-7H,4-5H2,1-3H3. The predicted octanol–water partition coefficient (Wildman–Crippen LogP) is 2.28. The van der Waals surface area contributed by atoms with E-state index < -0.39 is 5.82 Å². The van der Waals surface area contributed by atoms with E-state index in [1.807, 2.05) is 6.92 Å². The fourth-order valence-electron chi connectivity index (χ4n) is 1.66. The average Bonchev–Trinajstić information content (AvgIpc) is 2.29. The van der Waals surface area contributed by atoms with Gasteiger partial charge in [-0.15, -0.1) is 0 Å². The van der Waals surface area contributed by atoms with Gasteiger partial charge in [-0.1, -0.05) is 0 Å². The molecular weight excluding hydrogens is 211 g/mol. The Hall–Kier alpha value is -1.58. The molecule has 1 aromatic rings. The van der Waals surface area contributed by atoms with Gasteiger partial charge in [-0.25, -0.2) is 4.39 Å². The molecule has 0 atom stereocenters. The maximum Gasteiger partial charge on any atom is 0.197 e. The summed E-state index contributed by atoms with van der Waals surface area (Å²) in [5.41, 5.74) is 1.57. The number of hydrogen-bond acceptors (Lipinski definition) is 3. The Morgan fingerprint density at radius 1 is 1.31 bits per heavy atom. The number of halogens is 1. The number of aryl methyl sites for hydroxylation is 1. The van der Waals surface area contributed by atoms with E-state index in [0.717, 1.165) is 17.4 Å². The van der Waals surface area contributed by atoms with Gasteiger partial charge in [-0.2, -0.15) is 0 Å². The van der Waals surface area contributed by atoms with Crippen molar-refractivity contribution in [2.45, 2.75) is 19.8 Å². The van der Waals surface area contributed by atoms with Crippen molar-refractivity contribution in [1.29, 1.82) is 0 Å². The highest BCUT2D eigenvalue weighted by atomic mass is 19.1. The van der Waals surface area contributed by atoms with Gasteiger partial charge in [0.1, 0.15) is 6.29 Å². The summed E-state index contributed by atoms with van der Waals surface area (Å²) < 4.78 is 23.7. The molecule has 88 valence electrons.